The maximum Gasteiger partial charge on any atom is 0.416 e. The quantitative estimate of drug-likeness (QED) is 0.633. The number of anilines is 1. The first kappa shape index (κ1) is 13.5. The summed E-state index contributed by atoms with van der Waals surface area (Å²) < 4.78 is 37.1. The zero-order valence-electron chi connectivity index (χ0n) is 8.82. The van der Waals surface area contributed by atoms with Crippen LogP contribution in [-0.2, 0) is 11.0 Å². The van der Waals surface area contributed by atoms with Crippen molar-refractivity contribution < 1.29 is 18.0 Å². The molecule has 18 heavy (non-hydrogen) atoms. The Morgan fingerprint density at radius 1 is 1.44 bits per heavy atom. The molecule has 1 aromatic carbocycles. The van der Waals surface area contributed by atoms with Gasteiger partial charge in [0.1, 0.15) is 6.07 Å². The Morgan fingerprint density at radius 2 is 2.11 bits per heavy atom. The highest BCUT2D eigenvalue weighted by atomic mass is 19.4. The zero-order valence-corrected chi connectivity index (χ0v) is 8.82. The molecule has 0 fully saturated rings. The summed E-state index contributed by atoms with van der Waals surface area (Å²) in [6, 6.07) is 5.55. The van der Waals surface area contributed by atoms with Crippen molar-refractivity contribution in [2.45, 2.75) is 6.18 Å². The summed E-state index contributed by atoms with van der Waals surface area (Å²) in [5, 5.41) is 11.8. The van der Waals surface area contributed by atoms with Crippen molar-refractivity contribution in [1.29, 1.82) is 5.26 Å². The molecule has 94 valence electrons. The van der Waals surface area contributed by atoms with E-state index in [1.54, 1.807) is 0 Å². The van der Waals surface area contributed by atoms with Crippen LogP contribution in [0.3, 0.4) is 0 Å². The normalized spacial score (nSPS) is 11.8. The first-order valence-electron chi connectivity index (χ1n) is 4.55. The number of hydrazone groups is 1. The third-order valence-corrected chi connectivity index (χ3v) is 1.83. The molecule has 0 heterocycles. The van der Waals surface area contributed by atoms with Crippen molar-refractivity contribution in [1.82, 2.24) is 0 Å². The number of nitriles is 1. The number of rotatable bonds is 3. The molecule has 0 spiro atoms. The highest BCUT2D eigenvalue weighted by Gasteiger charge is 2.30. The molecule has 8 heteroatoms. The van der Waals surface area contributed by atoms with Crippen molar-refractivity contribution in [3.8, 4) is 6.07 Å². The first-order valence-corrected chi connectivity index (χ1v) is 4.55. The highest BCUT2D eigenvalue weighted by molar-refractivity contribution is 6.44. The van der Waals surface area contributed by atoms with Crippen molar-refractivity contribution in [3.05, 3.63) is 29.8 Å². The maximum atomic E-state index is 12.4. The number of hydrogen-bond acceptors (Lipinski definition) is 4. The molecular formula is C10H7F3N4O. The van der Waals surface area contributed by atoms with Crippen molar-refractivity contribution in [2.24, 2.45) is 10.8 Å². The molecule has 3 N–H and O–H groups in total. The molecule has 0 atom stereocenters. The Bertz CT molecular complexity index is 531. The smallest absolute Gasteiger partial charge is 0.364 e. The molecular weight excluding hydrogens is 249 g/mol. The molecule has 1 rings (SSSR count). The van der Waals surface area contributed by atoms with E-state index in [4.69, 9.17) is 11.0 Å². The van der Waals surface area contributed by atoms with Crippen LogP contribution < -0.4 is 11.2 Å². The lowest BCUT2D eigenvalue weighted by molar-refractivity contribution is -0.137. The molecule has 0 saturated carbocycles. The van der Waals surface area contributed by atoms with Crippen LogP contribution in [0.2, 0.25) is 0 Å². The highest BCUT2D eigenvalue weighted by Crippen LogP contribution is 2.30. The van der Waals surface area contributed by atoms with Crippen molar-refractivity contribution >= 4 is 17.3 Å². The lowest BCUT2D eigenvalue weighted by Gasteiger charge is -2.08. The van der Waals surface area contributed by atoms with E-state index in [0.29, 0.717) is 0 Å². The number of nitrogens with zero attached hydrogens (tertiary/aromatic N) is 2. The van der Waals surface area contributed by atoms with Gasteiger partial charge in [0.05, 0.1) is 11.3 Å². The lowest BCUT2D eigenvalue weighted by atomic mass is 10.2. The predicted octanol–water partition coefficient (Wildman–Crippen LogP) is 1.48. The summed E-state index contributed by atoms with van der Waals surface area (Å²) in [6.45, 7) is 0. The van der Waals surface area contributed by atoms with Gasteiger partial charge in [-0.2, -0.15) is 23.5 Å². The van der Waals surface area contributed by atoms with Gasteiger partial charge in [0.15, 0.2) is 0 Å². The molecule has 0 unspecified atom stereocenters. The van der Waals surface area contributed by atoms with E-state index >= 15 is 0 Å². The van der Waals surface area contributed by atoms with Crippen LogP contribution >= 0.6 is 0 Å². The summed E-state index contributed by atoms with van der Waals surface area (Å²) in [5.41, 5.74) is 5.43. The second kappa shape index (κ2) is 5.18. The molecule has 0 aromatic heterocycles. The topological polar surface area (TPSA) is 91.3 Å². The van der Waals surface area contributed by atoms with Crippen LogP contribution in [0, 0.1) is 11.3 Å². The van der Waals surface area contributed by atoms with E-state index in [1.807, 2.05) is 0 Å². The summed E-state index contributed by atoms with van der Waals surface area (Å²) in [4.78, 5) is 10.6. The van der Waals surface area contributed by atoms with Gasteiger partial charge >= 0.3 is 6.18 Å². The third-order valence-electron chi connectivity index (χ3n) is 1.83. The van der Waals surface area contributed by atoms with E-state index < -0.39 is 23.4 Å². The van der Waals surface area contributed by atoms with E-state index in [0.717, 1.165) is 18.2 Å². The summed E-state index contributed by atoms with van der Waals surface area (Å²) in [7, 11) is 0. The SMILES string of the molecule is N#C/C(=N\Nc1cccc(C(F)(F)F)c1)C(N)=O. The fraction of sp³-hybridized carbons (Fsp3) is 0.100. The molecule has 5 nitrogen and oxygen atoms in total. The number of primary amides is 1. The van der Waals surface area contributed by atoms with E-state index in [-0.39, 0.29) is 5.69 Å². The third kappa shape index (κ3) is 3.48. The Balaban J connectivity index is 2.94. The van der Waals surface area contributed by atoms with Crippen molar-refractivity contribution in [3.63, 3.8) is 0 Å². The monoisotopic (exact) mass is 256 g/mol. The van der Waals surface area contributed by atoms with Crippen LogP contribution in [0.15, 0.2) is 29.4 Å². The van der Waals surface area contributed by atoms with Crippen LogP contribution in [0.25, 0.3) is 0 Å². The van der Waals surface area contributed by atoms with Crippen LogP contribution in [0.4, 0.5) is 18.9 Å². The molecule has 0 aliphatic carbocycles. The molecule has 0 bridgehead atoms. The lowest BCUT2D eigenvalue weighted by Crippen LogP contribution is -2.22. The zero-order chi connectivity index (χ0) is 13.8. The number of amides is 1. The second-order valence-electron chi connectivity index (χ2n) is 3.13. The number of carbonyl (C=O) groups excluding carboxylic acids is 1. The van der Waals surface area contributed by atoms with E-state index in [9.17, 15) is 18.0 Å². The standard InChI is InChI=1S/C10H7F3N4O/c11-10(12,13)6-2-1-3-7(4-6)16-17-8(5-14)9(15)18/h1-4,16H,(H2,15,18)/b17-8+. The van der Waals surface area contributed by atoms with E-state index in [2.05, 4.69) is 10.5 Å². The Morgan fingerprint density at radius 3 is 2.61 bits per heavy atom. The minimum Gasteiger partial charge on any atom is -0.364 e. The fourth-order valence-corrected chi connectivity index (χ4v) is 1.02. The minimum atomic E-state index is -4.48. The molecule has 0 saturated heterocycles. The number of nitrogens with one attached hydrogen (secondary N) is 1. The number of carbonyl (C=O) groups is 1. The molecule has 1 aromatic rings. The first-order chi connectivity index (χ1) is 8.34. The van der Waals surface area contributed by atoms with Gasteiger partial charge in [0.2, 0.25) is 5.71 Å². The number of hydrogen-bond donors (Lipinski definition) is 2. The Kier molecular flexibility index (Phi) is 3.89. The largest absolute Gasteiger partial charge is 0.416 e. The number of alkyl halides is 3. The van der Waals surface area contributed by atoms with Gasteiger partial charge in [-0.3, -0.25) is 10.2 Å². The van der Waals surface area contributed by atoms with Gasteiger partial charge in [-0.15, -0.1) is 0 Å². The average Bonchev–Trinajstić information content (AvgIpc) is 2.28. The minimum absolute atomic E-state index is 0.0150. The van der Waals surface area contributed by atoms with Gasteiger partial charge < -0.3 is 5.73 Å². The Hall–Kier alpha value is -2.56. The molecule has 0 aliphatic rings. The van der Waals surface area contributed by atoms with Gasteiger partial charge in [-0.1, -0.05) is 6.07 Å². The average molecular weight is 256 g/mol. The second-order valence-corrected chi connectivity index (χ2v) is 3.13. The summed E-state index contributed by atoms with van der Waals surface area (Å²) in [6.07, 6.45) is -4.48. The van der Waals surface area contributed by atoms with Gasteiger partial charge in [0, 0.05) is 0 Å². The predicted molar refractivity (Wildman–Crippen MR) is 57.3 cm³/mol. The number of halogens is 3. The number of nitrogens with two attached hydrogens (primary N) is 1. The van der Waals surface area contributed by atoms with Crippen LogP contribution in [0.1, 0.15) is 5.56 Å². The van der Waals surface area contributed by atoms with Crippen molar-refractivity contribution in [2.75, 3.05) is 5.43 Å². The molecule has 0 radical (unpaired) electrons. The molecule has 1 amide bonds. The fourth-order valence-electron chi connectivity index (χ4n) is 1.02. The summed E-state index contributed by atoms with van der Waals surface area (Å²) in [5.74, 6) is -1.07. The molecule has 0 aliphatic heterocycles. The van der Waals surface area contributed by atoms with Gasteiger partial charge in [-0.05, 0) is 18.2 Å². The van der Waals surface area contributed by atoms with Crippen LogP contribution in [0.5, 0.6) is 0 Å². The summed E-state index contributed by atoms with van der Waals surface area (Å²) >= 11 is 0. The van der Waals surface area contributed by atoms with Gasteiger partial charge in [-0.25, -0.2) is 0 Å². The Labute approximate surface area is 99.7 Å². The van der Waals surface area contributed by atoms with Crippen LogP contribution in [-0.4, -0.2) is 11.6 Å². The maximum absolute atomic E-state index is 12.4. The van der Waals surface area contributed by atoms with Gasteiger partial charge in [0.25, 0.3) is 5.91 Å². The number of benzene rings is 1. The van der Waals surface area contributed by atoms with E-state index in [1.165, 1.54) is 12.1 Å².